The van der Waals surface area contributed by atoms with Gasteiger partial charge in [0.25, 0.3) is 0 Å². The minimum atomic E-state index is 0.326. The number of benzene rings is 1. The van der Waals surface area contributed by atoms with Crippen molar-refractivity contribution in [3.05, 3.63) is 48.8 Å². The highest BCUT2D eigenvalue weighted by atomic mass is 16.5. The van der Waals surface area contributed by atoms with Crippen molar-refractivity contribution < 1.29 is 4.74 Å². The number of rotatable bonds is 5. The minimum Gasteiger partial charge on any atom is -0.381 e. The summed E-state index contributed by atoms with van der Waals surface area (Å²) in [6, 6.07) is 12.3. The zero-order chi connectivity index (χ0) is 17.1. The van der Waals surface area contributed by atoms with Crippen LogP contribution in [0.4, 0.5) is 5.82 Å². The minimum absolute atomic E-state index is 0.326. The van der Waals surface area contributed by atoms with Crippen LogP contribution in [0, 0.1) is 5.92 Å². The number of fused-ring (bicyclic) bond motifs is 1. The maximum atomic E-state index is 5.50. The second-order valence-electron chi connectivity index (χ2n) is 6.67. The number of nitrogens with zero attached hydrogens (tertiary/aromatic N) is 3. The van der Waals surface area contributed by atoms with Gasteiger partial charge in [-0.05, 0) is 49.9 Å². The zero-order valence-corrected chi connectivity index (χ0v) is 14.4. The van der Waals surface area contributed by atoms with Crippen LogP contribution in [0.5, 0.6) is 0 Å². The van der Waals surface area contributed by atoms with Crippen LogP contribution < -0.4 is 5.32 Å². The average molecular weight is 334 g/mol. The highest BCUT2D eigenvalue weighted by molar-refractivity contribution is 5.90. The van der Waals surface area contributed by atoms with E-state index < -0.39 is 0 Å². The first kappa shape index (κ1) is 16.0. The first-order valence-electron chi connectivity index (χ1n) is 8.81. The van der Waals surface area contributed by atoms with Crippen molar-refractivity contribution >= 4 is 16.7 Å². The molecule has 4 rings (SSSR count). The van der Waals surface area contributed by atoms with Gasteiger partial charge < -0.3 is 10.1 Å². The third-order valence-electron chi connectivity index (χ3n) is 4.62. The summed E-state index contributed by atoms with van der Waals surface area (Å²) in [4.78, 5) is 13.7. The molecule has 0 saturated carbocycles. The lowest BCUT2D eigenvalue weighted by atomic mass is 10.00. The van der Waals surface area contributed by atoms with Gasteiger partial charge in [0.05, 0.1) is 5.52 Å². The first-order valence-corrected chi connectivity index (χ1v) is 8.81. The number of hydrogen-bond acceptors (Lipinski definition) is 5. The lowest BCUT2D eigenvalue weighted by molar-refractivity contribution is 0.183. The standard InChI is InChI=1S/C20H22N4O/c1-14(11-15-8-10-25-13-15)22-20-17-6-2-3-7-18(17)23-19(24-20)16-5-4-9-21-12-16/h2-7,9,12,14-15H,8,10-11,13H2,1H3,(H,22,23,24). The van der Waals surface area contributed by atoms with Gasteiger partial charge in [0.15, 0.2) is 5.82 Å². The Morgan fingerprint density at radius 2 is 2.12 bits per heavy atom. The largest absolute Gasteiger partial charge is 0.381 e. The quantitative estimate of drug-likeness (QED) is 0.766. The number of hydrogen-bond donors (Lipinski definition) is 1. The molecule has 1 aliphatic rings. The Morgan fingerprint density at radius 3 is 2.92 bits per heavy atom. The van der Waals surface area contributed by atoms with Crippen molar-refractivity contribution in [1.29, 1.82) is 0 Å². The van der Waals surface area contributed by atoms with Crippen LogP contribution in [0.1, 0.15) is 19.8 Å². The number of aromatic nitrogens is 3. The molecule has 3 aromatic rings. The average Bonchev–Trinajstić information content (AvgIpc) is 3.15. The van der Waals surface area contributed by atoms with Crippen molar-refractivity contribution in [2.45, 2.75) is 25.8 Å². The molecule has 1 fully saturated rings. The molecule has 1 saturated heterocycles. The number of ether oxygens (including phenoxy) is 1. The molecular formula is C20H22N4O. The van der Waals surface area contributed by atoms with Gasteiger partial charge in [-0.2, -0.15) is 0 Å². The Balaban J connectivity index is 1.66. The summed E-state index contributed by atoms with van der Waals surface area (Å²) in [5.41, 5.74) is 1.86. The molecular weight excluding hydrogens is 312 g/mol. The van der Waals surface area contributed by atoms with Crippen molar-refractivity contribution in [2.75, 3.05) is 18.5 Å². The number of nitrogens with one attached hydrogen (secondary N) is 1. The summed E-state index contributed by atoms with van der Waals surface area (Å²) < 4.78 is 5.50. The fraction of sp³-hybridized carbons (Fsp3) is 0.350. The summed E-state index contributed by atoms with van der Waals surface area (Å²) in [6.07, 6.45) is 5.79. The molecule has 0 bridgehead atoms. The number of pyridine rings is 1. The van der Waals surface area contributed by atoms with E-state index in [0.29, 0.717) is 17.8 Å². The summed E-state index contributed by atoms with van der Waals surface area (Å²) >= 11 is 0. The van der Waals surface area contributed by atoms with Crippen LogP contribution in [0.2, 0.25) is 0 Å². The summed E-state index contributed by atoms with van der Waals surface area (Å²) in [5, 5.41) is 4.64. The molecule has 2 aromatic heterocycles. The SMILES string of the molecule is CC(CC1CCOC1)Nc1nc(-c2cccnc2)nc2ccccc12. The van der Waals surface area contributed by atoms with Gasteiger partial charge >= 0.3 is 0 Å². The van der Waals surface area contributed by atoms with Crippen molar-refractivity contribution in [1.82, 2.24) is 15.0 Å². The third kappa shape index (κ3) is 3.61. The Labute approximate surface area is 147 Å². The highest BCUT2D eigenvalue weighted by Crippen LogP contribution is 2.26. The molecule has 2 atom stereocenters. The second kappa shape index (κ2) is 7.15. The van der Waals surface area contributed by atoms with Gasteiger partial charge in [-0.15, -0.1) is 0 Å². The van der Waals surface area contributed by atoms with Gasteiger partial charge in [-0.25, -0.2) is 9.97 Å². The topological polar surface area (TPSA) is 59.9 Å². The molecule has 1 aromatic carbocycles. The van der Waals surface area contributed by atoms with Crippen molar-refractivity contribution in [2.24, 2.45) is 5.92 Å². The van der Waals surface area contributed by atoms with E-state index in [1.807, 2.05) is 30.3 Å². The smallest absolute Gasteiger partial charge is 0.163 e. The monoisotopic (exact) mass is 334 g/mol. The molecule has 25 heavy (non-hydrogen) atoms. The molecule has 0 radical (unpaired) electrons. The van der Waals surface area contributed by atoms with E-state index >= 15 is 0 Å². The highest BCUT2D eigenvalue weighted by Gasteiger charge is 2.19. The molecule has 3 heterocycles. The number of anilines is 1. The fourth-order valence-corrected chi connectivity index (χ4v) is 3.37. The van der Waals surface area contributed by atoms with E-state index in [-0.39, 0.29) is 0 Å². The Kier molecular flexibility index (Phi) is 4.57. The van der Waals surface area contributed by atoms with Gasteiger partial charge in [0.1, 0.15) is 5.82 Å². The van der Waals surface area contributed by atoms with Crippen LogP contribution >= 0.6 is 0 Å². The maximum Gasteiger partial charge on any atom is 0.163 e. The van der Waals surface area contributed by atoms with E-state index in [2.05, 4.69) is 23.3 Å². The molecule has 0 aliphatic carbocycles. The second-order valence-corrected chi connectivity index (χ2v) is 6.67. The molecule has 0 amide bonds. The lowest BCUT2D eigenvalue weighted by Crippen LogP contribution is -2.21. The van der Waals surface area contributed by atoms with Crippen LogP contribution in [0.15, 0.2) is 48.8 Å². The van der Waals surface area contributed by atoms with Crippen molar-refractivity contribution in [3.63, 3.8) is 0 Å². The predicted molar refractivity (Wildman–Crippen MR) is 99.4 cm³/mol. The van der Waals surface area contributed by atoms with Gasteiger partial charge in [-0.3, -0.25) is 4.98 Å². The van der Waals surface area contributed by atoms with E-state index in [1.54, 1.807) is 12.4 Å². The van der Waals surface area contributed by atoms with Gasteiger partial charge in [0, 0.05) is 42.6 Å². The normalized spacial score (nSPS) is 18.4. The summed E-state index contributed by atoms with van der Waals surface area (Å²) in [5.74, 6) is 2.22. The van der Waals surface area contributed by atoms with Crippen LogP contribution in [-0.4, -0.2) is 34.2 Å². The third-order valence-corrected chi connectivity index (χ3v) is 4.62. The van der Waals surface area contributed by atoms with Gasteiger partial charge in [-0.1, -0.05) is 12.1 Å². The molecule has 1 N–H and O–H groups in total. The van der Waals surface area contributed by atoms with E-state index in [1.165, 1.54) is 0 Å². The van der Waals surface area contributed by atoms with E-state index in [9.17, 15) is 0 Å². The fourth-order valence-electron chi connectivity index (χ4n) is 3.37. The molecule has 1 aliphatic heterocycles. The molecule has 2 unspecified atom stereocenters. The summed E-state index contributed by atoms with van der Waals surface area (Å²) in [6.45, 7) is 3.97. The summed E-state index contributed by atoms with van der Waals surface area (Å²) in [7, 11) is 0. The Bertz CT molecular complexity index is 847. The Morgan fingerprint density at radius 1 is 1.20 bits per heavy atom. The molecule has 5 heteroatoms. The first-order chi connectivity index (χ1) is 12.3. The molecule has 128 valence electrons. The van der Waals surface area contributed by atoms with Crippen LogP contribution in [-0.2, 0) is 4.74 Å². The maximum absolute atomic E-state index is 5.50. The molecule has 0 spiro atoms. The van der Waals surface area contributed by atoms with E-state index in [0.717, 1.165) is 48.3 Å². The molecule has 5 nitrogen and oxygen atoms in total. The Hall–Kier alpha value is -2.53. The number of para-hydroxylation sites is 1. The van der Waals surface area contributed by atoms with E-state index in [4.69, 9.17) is 14.7 Å². The van der Waals surface area contributed by atoms with Crippen molar-refractivity contribution in [3.8, 4) is 11.4 Å². The predicted octanol–water partition coefficient (Wildman–Crippen LogP) is 3.92. The van der Waals surface area contributed by atoms with Crippen LogP contribution in [0.25, 0.3) is 22.3 Å². The lowest BCUT2D eigenvalue weighted by Gasteiger charge is -2.19. The van der Waals surface area contributed by atoms with Gasteiger partial charge in [0.2, 0.25) is 0 Å². The van der Waals surface area contributed by atoms with Crippen LogP contribution in [0.3, 0.4) is 0 Å². The zero-order valence-electron chi connectivity index (χ0n) is 14.4.